The van der Waals surface area contributed by atoms with Gasteiger partial charge in [-0.25, -0.2) is 13.4 Å². The summed E-state index contributed by atoms with van der Waals surface area (Å²) in [7, 11) is -3.53. The number of anilines is 1. The maximum atomic E-state index is 12.8. The van der Waals surface area contributed by atoms with Crippen LogP contribution in [0.25, 0.3) is 5.69 Å². The summed E-state index contributed by atoms with van der Waals surface area (Å²) >= 11 is 0. The number of sulfonamides is 1. The summed E-state index contributed by atoms with van der Waals surface area (Å²) in [5.41, 5.74) is 5.76. The quantitative estimate of drug-likeness (QED) is 0.697. The highest BCUT2D eigenvalue weighted by Gasteiger charge is 2.44. The van der Waals surface area contributed by atoms with Crippen LogP contribution in [0.4, 0.5) is 5.69 Å². The highest BCUT2D eigenvalue weighted by molar-refractivity contribution is 7.89. The van der Waals surface area contributed by atoms with E-state index in [2.05, 4.69) is 64.2 Å². The van der Waals surface area contributed by atoms with Crippen molar-refractivity contribution in [2.24, 2.45) is 0 Å². The highest BCUT2D eigenvalue weighted by atomic mass is 32.2. The first-order valence-corrected chi connectivity index (χ1v) is 10.9. The normalized spacial score (nSPS) is 18.5. The molecule has 4 heterocycles. The van der Waals surface area contributed by atoms with Crippen molar-refractivity contribution in [1.29, 1.82) is 0 Å². The summed E-state index contributed by atoms with van der Waals surface area (Å²) in [4.78, 5) is 6.57. The fourth-order valence-corrected chi connectivity index (χ4v) is 5.85. The van der Waals surface area contributed by atoms with Gasteiger partial charge in [-0.05, 0) is 56.0 Å². The molecule has 0 radical (unpaired) electrons. The number of hydrogen-bond donors (Lipinski definition) is 2. The smallest absolute Gasteiger partial charge is 0.260 e. The molecule has 0 amide bonds. The number of H-pyrrole nitrogens is 1. The largest absolute Gasteiger partial charge is 0.372 e. The Kier molecular flexibility index (Phi) is 3.73. The Balaban J connectivity index is 1.49. The van der Waals surface area contributed by atoms with E-state index in [9.17, 15) is 8.42 Å². The lowest BCUT2D eigenvalue weighted by Gasteiger charge is -2.46. The average Bonchev–Trinajstić information content (AvgIpc) is 3.38. The van der Waals surface area contributed by atoms with E-state index >= 15 is 0 Å². The van der Waals surface area contributed by atoms with Crippen LogP contribution in [0, 0.1) is 13.8 Å². The van der Waals surface area contributed by atoms with Gasteiger partial charge >= 0.3 is 0 Å². The van der Waals surface area contributed by atoms with Crippen LogP contribution in [-0.4, -0.2) is 40.3 Å². The van der Waals surface area contributed by atoms with Gasteiger partial charge in [0.25, 0.3) is 10.0 Å². The molecule has 3 aromatic rings. The Hall–Kier alpha value is -2.58. The predicted octanol–water partition coefficient (Wildman–Crippen LogP) is 2.92. The second kappa shape index (κ2) is 5.96. The summed E-state index contributed by atoms with van der Waals surface area (Å²) in [6.07, 6.45) is 6.28. The molecule has 0 atom stereocenters. The molecule has 1 spiro atoms. The number of nitrogens with one attached hydrogen (secondary N) is 2. The lowest BCUT2D eigenvalue weighted by atomic mass is 9.82. The van der Waals surface area contributed by atoms with Crippen LogP contribution in [-0.2, 0) is 15.6 Å². The monoisotopic (exact) mass is 397 g/mol. The van der Waals surface area contributed by atoms with Crippen LogP contribution in [0.1, 0.15) is 29.7 Å². The van der Waals surface area contributed by atoms with E-state index in [0.717, 1.165) is 5.69 Å². The molecular formula is C20H23N5O2S. The van der Waals surface area contributed by atoms with Crippen LogP contribution < -0.4 is 5.32 Å². The van der Waals surface area contributed by atoms with E-state index in [1.54, 1.807) is 4.31 Å². The number of aromatic amines is 1. The standard InChI is InChI=1S/C20H23N5O2S/c1-14-5-6-16-19(15(14)2)25-9-3-4-17(25)20(23-16)7-10-24(11-8-20)28(26,27)18-12-21-13-22-18/h3-6,9,12-13,23H,7-8,10-11H2,1-2H3,(H,21,22). The van der Waals surface area contributed by atoms with Crippen molar-refractivity contribution in [3.05, 3.63) is 59.8 Å². The first-order valence-electron chi connectivity index (χ1n) is 9.47. The van der Waals surface area contributed by atoms with Gasteiger partial charge in [0, 0.05) is 25.0 Å². The van der Waals surface area contributed by atoms with Gasteiger partial charge in [0.1, 0.15) is 0 Å². The predicted molar refractivity (Wildman–Crippen MR) is 107 cm³/mol. The van der Waals surface area contributed by atoms with E-state index in [4.69, 9.17) is 0 Å². The topological polar surface area (TPSA) is 83.0 Å². The second-order valence-electron chi connectivity index (χ2n) is 7.69. The lowest BCUT2D eigenvalue weighted by molar-refractivity contribution is 0.247. The number of fused-ring (bicyclic) bond motifs is 4. The van der Waals surface area contributed by atoms with Gasteiger partial charge in [0.15, 0.2) is 5.03 Å². The van der Waals surface area contributed by atoms with Gasteiger partial charge < -0.3 is 14.9 Å². The highest BCUT2D eigenvalue weighted by Crippen LogP contribution is 2.45. The number of piperidine rings is 1. The zero-order valence-corrected chi connectivity index (χ0v) is 16.8. The van der Waals surface area contributed by atoms with E-state index in [0.29, 0.717) is 25.9 Å². The minimum atomic E-state index is -3.53. The summed E-state index contributed by atoms with van der Waals surface area (Å²) in [6, 6.07) is 8.50. The van der Waals surface area contributed by atoms with E-state index < -0.39 is 10.0 Å². The number of benzene rings is 1. The van der Waals surface area contributed by atoms with Crippen LogP contribution in [0.5, 0.6) is 0 Å². The molecule has 5 rings (SSSR count). The number of nitrogens with zero attached hydrogens (tertiary/aromatic N) is 3. The molecule has 0 unspecified atom stereocenters. The van der Waals surface area contributed by atoms with E-state index in [-0.39, 0.29) is 10.6 Å². The summed E-state index contributed by atoms with van der Waals surface area (Å²) in [6.45, 7) is 5.19. The Labute approximate surface area is 164 Å². The number of rotatable bonds is 2. The number of aryl methyl sites for hydroxylation is 1. The van der Waals surface area contributed by atoms with E-state index in [1.165, 1.54) is 35.0 Å². The number of imidazole rings is 1. The molecule has 2 aliphatic heterocycles. The van der Waals surface area contributed by atoms with Crippen molar-refractivity contribution in [2.75, 3.05) is 18.4 Å². The number of aromatic nitrogens is 3. The number of hydrogen-bond acceptors (Lipinski definition) is 4. The van der Waals surface area contributed by atoms with Crippen molar-refractivity contribution in [2.45, 2.75) is 37.3 Å². The van der Waals surface area contributed by atoms with Crippen molar-refractivity contribution in [1.82, 2.24) is 18.8 Å². The van der Waals surface area contributed by atoms with Gasteiger partial charge in [-0.3, -0.25) is 0 Å². The zero-order chi connectivity index (χ0) is 19.5. The molecule has 8 heteroatoms. The van der Waals surface area contributed by atoms with Crippen LogP contribution in [0.3, 0.4) is 0 Å². The molecule has 146 valence electrons. The van der Waals surface area contributed by atoms with E-state index in [1.807, 2.05) is 0 Å². The Morgan fingerprint density at radius 2 is 1.93 bits per heavy atom. The van der Waals surface area contributed by atoms with Crippen LogP contribution in [0.2, 0.25) is 0 Å². The van der Waals surface area contributed by atoms with Gasteiger partial charge in [0.2, 0.25) is 0 Å². The molecule has 1 aromatic carbocycles. The molecule has 0 aliphatic carbocycles. The van der Waals surface area contributed by atoms with Crippen molar-refractivity contribution in [3.63, 3.8) is 0 Å². The minimum Gasteiger partial charge on any atom is -0.372 e. The average molecular weight is 398 g/mol. The first kappa shape index (κ1) is 17.5. The Morgan fingerprint density at radius 3 is 2.64 bits per heavy atom. The third-order valence-electron chi connectivity index (χ3n) is 6.22. The van der Waals surface area contributed by atoms with Crippen molar-refractivity contribution in [3.8, 4) is 5.69 Å². The molecule has 0 saturated carbocycles. The zero-order valence-electron chi connectivity index (χ0n) is 15.9. The lowest BCUT2D eigenvalue weighted by Crippen LogP contribution is -2.51. The summed E-state index contributed by atoms with van der Waals surface area (Å²) in [5.74, 6) is 0. The van der Waals surface area contributed by atoms with Gasteiger partial charge in [0.05, 0.1) is 29.4 Å². The first-order chi connectivity index (χ1) is 13.4. The second-order valence-corrected chi connectivity index (χ2v) is 9.60. The molecule has 0 bridgehead atoms. The summed E-state index contributed by atoms with van der Waals surface area (Å²) in [5, 5.41) is 3.92. The molecule has 2 aliphatic rings. The van der Waals surface area contributed by atoms with Gasteiger partial charge in [-0.2, -0.15) is 4.31 Å². The van der Waals surface area contributed by atoms with Crippen molar-refractivity contribution < 1.29 is 8.42 Å². The third kappa shape index (κ3) is 2.37. The fourth-order valence-electron chi connectivity index (χ4n) is 4.51. The Bertz CT molecular complexity index is 1140. The molecule has 2 N–H and O–H groups in total. The minimum absolute atomic E-state index is 0.153. The fraction of sp³-hybridized carbons (Fsp3) is 0.350. The third-order valence-corrected chi connectivity index (χ3v) is 8.05. The van der Waals surface area contributed by atoms with Crippen LogP contribution in [0.15, 0.2) is 48.0 Å². The SMILES string of the molecule is Cc1ccc2c(c1C)-n1cccc1C1(CCN(S(=O)(=O)c3cnc[nH]3)CC1)N2. The maximum Gasteiger partial charge on any atom is 0.260 e. The Morgan fingerprint density at radius 1 is 1.14 bits per heavy atom. The summed E-state index contributed by atoms with van der Waals surface area (Å²) < 4.78 is 29.5. The molecule has 1 fully saturated rings. The molecular weight excluding hydrogens is 374 g/mol. The van der Waals surface area contributed by atoms with Gasteiger partial charge in [-0.1, -0.05) is 6.07 Å². The van der Waals surface area contributed by atoms with Gasteiger partial charge in [-0.15, -0.1) is 0 Å². The van der Waals surface area contributed by atoms with Crippen molar-refractivity contribution >= 4 is 15.7 Å². The maximum absolute atomic E-state index is 12.8. The molecule has 28 heavy (non-hydrogen) atoms. The molecule has 7 nitrogen and oxygen atoms in total. The molecule has 2 aromatic heterocycles. The molecule has 1 saturated heterocycles. The van der Waals surface area contributed by atoms with Crippen LogP contribution >= 0.6 is 0 Å².